The Balaban J connectivity index is 2.20. The van der Waals surface area contributed by atoms with E-state index in [0.29, 0.717) is 10.2 Å². The molecular formula is C14H14BrN3O3. The molecule has 1 N–H and O–H groups in total. The molecule has 2 rings (SSSR count). The summed E-state index contributed by atoms with van der Waals surface area (Å²) in [6.07, 6.45) is 1.60. The third kappa shape index (κ3) is 4.16. The number of nitrogens with zero attached hydrogens (tertiary/aromatic N) is 2. The number of aromatic nitrogens is 1. The Morgan fingerprint density at radius 2 is 2.00 bits per heavy atom. The van der Waals surface area contributed by atoms with E-state index in [0.717, 1.165) is 5.75 Å². The fraction of sp³-hybridized carbons (Fsp3) is 0.214. The monoisotopic (exact) mass is 351 g/mol. The molecule has 7 heteroatoms. The molecule has 0 unspecified atom stereocenters. The van der Waals surface area contributed by atoms with E-state index in [4.69, 9.17) is 4.74 Å². The van der Waals surface area contributed by atoms with Gasteiger partial charge in [-0.05, 0) is 54.0 Å². The highest BCUT2D eigenvalue weighted by Gasteiger charge is 2.16. The van der Waals surface area contributed by atoms with E-state index in [-0.39, 0.29) is 17.6 Å². The van der Waals surface area contributed by atoms with Gasteiger partial charge in [0.1, 0.15) is 5.75 Å². The van der Waals surface area contributed by atoms with Crippen LogP contribution < -0.4 is 10.1 Å². The minimum absolute atomic E-state index is 0.0909. The zero-order valence-corrected chi connectivity index (χ0v) is 13.1. The van der Waals surface area contributed by atoms with Crippen molar-refractivity contribution in [3.8, 4) is 5.75 Å². The summed E-state index contributed by atoms with van der Waals surface area (Å²) in [4.78, 5) is 14.6. The van der Waals surface area contributed by atoms with Crippen LogP contribution >= 0.6 is 15.9 Å². The van der Waals surface area contributed by atoms with Gasteiger partial charge in [-0.25, -0.2) is 4.98 Å². The molecule has 0 bridgehead atoms. The minimum Gasteiger partial charge on any atom is -0.491 e. The number of nitro groups is 1. The molecule has 0 saturated carbocycles. The number of anilines is 2. The molecule has 110 valence electrons. The first-order chi connectivity index (χ1) is 9.95. The predicted molar refractivity (Wildman–Crippen MR) is 84.1 cm³/mol. The van der Waals surface area contributed by atoms with Crippen molar-refractivity contribution in [1.29, 1.82) is 0 Å². The molecule has 0 atom stereocenters. The Hall–Kier alpha value is -2.15. The average molecular weight is 352 g/mol. The lowest BCUT2D eigenvalue weighted by atomic mass is 10.3. The van der Waals surface area contributed by atoms with Crippen LogP contribution in [0.3, 0.4) is 0 Å². The molecule has 21 heavy (non-hydrogen) atoms. The Morgan fingerprint density at radius 3 is 2.57 bits per heavy atom. The lowest BCUT2D eigenvalue weighted by Crippen LogP contribution is -2.05. The van der Waals surface area contributed by atoms with Crippen molar-refractivity contribution in [3.63, 3.8) is 0 Å². The number of hydrogen-bond donors (Lipinski definition) is 1. The van der Waals surface area contributed by atoms with Crippen LogP contribution in [0.25, 0.3) is 0 Å². The van der Waals surface area contributed by atoms with Gasteiger partial charge in [0.15, 0.2) is 0 Å². The summed E-state index contributed by atoms with van der Waals surface area (Å²) in [7, 11) is 0. The van der Waals surface area contributed by atoms with Crippen molar-refractivity contribution in [2.24, 2.45) is 0 Å². The van der Waals surface area contributed by atoms with Gasteiger partial charge >= 0.3 is 5.69 Å². The van der Waals surface area contributed by atoms with E-state index < -0.39 is 4.92 Å². The average Bonchev–Trinajstić information content (AvgIpc) is 2.42. The van der Waals surface area contributed by atoms with Gasteiger partial charge in [0.05, 0.1) is 11.0 Å². The maximum atomic E-state index is 11.0. The number of ether oxygens (including phenoxy) is 1. The van der Waals surface area contributed by atoms with Crippen LogP contribution in [0.4, 0.5) is 17.2 Å². The number of pyridine rings is 1. The fourth-order valence-electron chi connectivity index (χ4n) is 1.69. The van der Waals surface area contributed by atoms with Gasteiger partial charge in [0.2, 0.25) is 5.82 Å². The zero-order chi connectivity index (χ0) is 15.4. The largest absolute Gasteiger partial charge is 0.491 e. The van der Waals surface area contributed by atoms with Gasteiger partial charge in [-0.3, -0.25) is 10.1 Å². The second-order valence-electron chi connectivity index (χ2n) is 4.59. The van der Waals surface area contributed by atoms with E-state index >= 15 is 0 Å². The van der Waals surface area contributed by atoms with Crippen molar-refractivity contribution < 1.29 is 9.66 Å². The van der Waals surface area contributed by atoms with Crippen molar-refractivity contribution in [1.82, 2.24) is 4.98 Å². The van der Waals surface area contributed by atoms with Crippen LogP contribution in [-0.2, 0) is 0 Å². The number of benzene rings is 1. The zero-order valence-electron chi connectivity index (χ0n) is 11.5. The maximum Gasteiger partial charge on any atom is 0.312 e. The Kier molecular flexibility index (Phi) is 4.74. The molecule has 0 fully saturated rings. The Morgan fingerprint density at radius 1 is 1.33 bits per heavy atom. The highest BCUT2D eigenvalue weighted by Crippen LogP contribution is 2.28. The van der Waals surface area contributed by atoms with Crippen LogP contribution in [0.2, 0.25) is 0 Å². The van der Waals surface area contributed by atoms with Gasteiger partial charge in [0, 0.05) is 22.4 Å². The third-order valence-electron chi connectivity index (χ3n) is 2.52. The van der Waals surface area contributed by atoms with Crippen LogP contribution in [0.5, 0.6) is 5.75 Å². The molecule has 1 aromatic carbocycles. The Labute approximate surface area is 130 Å². The molecule has 0 aliphatic rings. The number of halogens is 1. The summed E-state index contributed by atoms with van der Waals surface area (Å²) in [6, 6.07) is 8.57. The van der Waals surface area contributed by atoms with Crippen molar-refractivity contribution in [2.45, 2.75) is 20.0 Å². The maximum absolute atomic E-state index is 11.0. The normalized spacial score (nSPS) is 10.5. The predicted octanol–water partition coefficient (Wildman–Crippen LogP) is 4.28. The smallest absolute Gasteiger partial charge is 0.312 e. The molecule has 1 heterocycles. The first-order valence-corrected chi connectivity index (χ1v) is 7.08. The highest BCUT2D eigenvalue weighted by atomic mass is 79.9. The molecule has 0 aliphatic heterocycles. The van der Waals surface area contributed by atoms with Crippen LogP contribution in [0.15, 0.2) is 41.0 Å². The molecule has 0 spiro atoms. The molecule has 0 saturated heterocycles. The molecule has 2 aromatic rings. The van der Waals surface area contributed by atoms with E-state index in [1.165, 1.54) is 12.3 Å². The van der Waals surface area contributed by atoms with Crippen LogP contribution in [0, 0.1) is 10.1 Å². The molecule has 0 aliphatic carbocycles. The van der Waals surface area contributed by atoms with Gasteiger partial charge < -0.3 is 10.1 Å². The van der Waals surface area contributed by atoms with Crippen molar-refractivity contribution in [3.05, 3.63) is 51.1 Å². The van der Waals surface area contributed by atoms with Gasteiger partial charge in [-0.15, -0.1) is 0 Å². The van der Waals surface area contributed by atoms with Crippen LogP contribution in [0.1, 0.15) is 13.8 Å². The molecule has 1 aromatic heterocycles. The van der Waals surface area contributed by atoms with Crippen molar-refractivity contribution >= 4 is 33.1 Å². The second kappa shape index (κ2) is 6.53. The van der Waals surface area contributed by atoms with E-state index in [2.05, 4.69) is 26.2 Å². The molecular weight excluding hydrogens is 338 g/mol. The topological polar surface area (TPSA) is 77.3 Å². The van der Waals surface area contributed by atoms with Crippen LogP contribution in [-0.4, -0.2) is 16.0 Å². The minimum atomic E-state index is -0.476. The first kappa shape index (κ1) is 15.2. The quantitative estimate of drug-likeness (QED) is 0.642. The Bertz CT molecular complexity index is 644. The number of nitrogens with one attached hydrogen (secondary N) is 1. The summed E-state index contributed by atoms with van der Waals surface area (Å²) in [6.45, 7) is 3.89. The SMILES string of the molecule is CC(C)Oc1ccc(Nc2ncc(Br)cc2[N+](=O)[O-])cc1. The van der Waals surface area contributed by atoms with Gasteiger partial charge in [0.25, 0.3) is 0 Å². The number of rotatable bonds is 5. The third-order valence-corrected chi connectivity index (χ3v) is 2.95. The first-order valence-electron chi connectivity index (χ1n) is 6.29. The fourth-order valence-corrected chi connectivity index (χ4v) is 2.01. The lowest BCUT2D eigenvalue weighted by Gasteiger charge is -2.11. The summed E-state index contributed by atoms with van der Waals surface area (Å²) >= 11 is 3.17. The van der Waals surface area contributed by atoms with E-state index in [9.17, 15) is 10.1 Å². The molecule has 6 nitrogen and oxygen atoms in total. The second-order valence-corrected chi connectivity index (χ2v) is 5.51. The molecule has 0 amide bonds. The summed E-state index contributed by atoms with van der Waals surface area (Å²) < 4.78 is 6.10. The molecule has 0 radical (unpaired) electrons. The highest BCUT2D eigenvalue weighted by molar-refractivity contribution is 9.10. The summed E-state index contributed by atoms with van der Waals surface area (Å²) in [5, 5.41) is 14.0. The summed E-state index contributed by atoms with van der Waals surface area (Å²) in [5.41, 5.74) is 0.607. The summed E-state index contributed by atoms with van der Waals surface area (Å²) in [5.74, 6) is 0.939. The van der Waals surface area contributed by atoms with E-state index in [1.807, 2.05) is 13.8 Å². The van der Waals surface area contributed by atoms with Gasteiger partial charge in [-0.1, -0.05) is 0 Å². The number of hydrogen-bond acceptors (Lipinski definition) is 5. The standard InChI is InChI=1S/C14H14BrN3O3/c1-9(2)21-12-5-3-11(4-6-12)17-14-13(18(19)20)7-10(15)8-16-14/h3-9H,1-2H3,(H,16,17). The lowest BCUT2D eigenvalue weighted by molar-refractivity contribution is -0.384. The van der Waals surface area contributed by atoms with Gasteiger partial charge in [-0.2, -0.15) is 0 Å². The van der Waals surface area contributed by atoms with Crippen molar-refractivity contribution in [2.75, 3.05) is 5.32 Å². The van der Waals surface area contributed by atoms with E-state index in [1.54, 1.807) is 24.3 Å².